The summed E-state index contributed by atoms with van der Waals surface area (Å²) in [6.45, 7) is 5.36. The van der Waals surface area contributed by atoms with E-state index in [9.17, 15) is 14.3 Å². The summed E-state index contributed by atoms with van der Waals surface area (Å²) in [6, 6.07) is 0. The van der Waals surface area contributed by atoms with Crippen LogP contribution < -0.4 is 10.2 Å². The lowest BCUT2D eigenvalue weighted by Crippen LogP contribution is -2.38. The third kappa shape index (κ3) is 30.9. The van der Waals surface area contributed by atoms with E-state index in [0.29, 0.717) is 24.1 Å². The minimum absolute atomic E-state index is 0.0309. The second kappa shape index (κ2) is 28.0. The first-order chi connectivity index (χ1) is 20.1. The van der Waals surface area contributed by atoms with Crippen LogP contribution in [0.5, 0.6) is 0 Å². The fourth-order valence-electron chi connectivity index (χ4n) is 4.77. The third-order valence-corrected chi connectivity index (χ3v) is 8.49. The first kappa shape index (κ1) is 41.5. The number of nitrogens with one attached hydrogen (secondary N) is 1. The molecule has 0 saturated heterocycles. The van der Waals surface area contributed by atoms with Crippen molar-refractivity contribution in [2.75, 3.05) is 54.1 Å². The van der Waals surface area contributed by atoms with Gasteiger partial charge < -0.3 is 28.5 Å². The molecule has 0 aliphatic heterocycles. The van der Waals surface area contributed by atoms with E-state index in [-0.39, 0.29) is 25.7 Å². The molecule has 9 heteroatoms. The molecule has 0 aromatic heterocycles. The fourth-order valence-corrected chi connectivity index (χ4v) is 5.50. The molecule has 0 rings (SSSR count). The lowest BCUT2D eigenvalue weighted by Gasteiger charge is -2.28. The summed E-state index contributed by atoms with van der Waals surface area (Å²) in [5.74, 6) is -0.0309. The molecule has 0 aliphatic rings. The molecule has 1 amide bonds. The number of amides is 1. The number of hydrogen-bond acceptors (Lipinski definition) is 6. The standard InChI is InChI=1S/C33H69N2O6P/c1-6-8-9-10-11-12-13-14-15-16-17-18-19-20-21-22-23-24-25-26-33(36)34-30-32(39-28-7-2)31-41-42(37,38)40-29-27-35(3,4)5/h32H,6-31H2,1-5H3,(H-,34,36,37,38). The maximum atomic E-state index is 12.3. The van der Waals surface area contributed by atoms with Gasteiger partial charge in [0.15, 0.2) is 0 Å². The van der Waals surface area contributed by atoms with E-state index in [0.717, 1.165) is 19.3 Å². The van der Waals surface area contributed by atoms with Crippen molar-refractivity contribution < 1.29 is 32.5 Å². The smallest absolute Gasteiger partial charge is 0.268 e. The SMILES string of the molecule is CCCCCCCCCCCCCCCCCCCCCC(=O)NCC(COP(=O)([O-])OCC[N+](C)(C)C)OCCC. The van der Waals surface area contributed by atoms with Crippen LogP contribution >= 0.6 is 7.82 Å². The van der Waals surface area contributed by atoms with E-state index in [2.05, 4.69) is 12.2 Å². The van der Waals surface area contributed by atoms with Crippen molar-refractivity contribution in [3.63, 3.8) is 0 Å². The van der Waals surface area contributed by atoms with Gasteiger partial charge in [0.25, 0.3) is 7.82 Å². The number of rotatable bonds is 32. The highest BCUT2D eigenvalue weighted by atomic mass is 31.2. The van der Waals surface area contributed by atoms with Gasteiger partial charge in [-0.2, -0.15) is 0 Å². The number of carbonyl (C=O) groups excluding carboxylic acids is 1. The molecular formula is C33H69N2O6P. The van der Waals surface area contributed by atoms with Crippen molar-refractivity contribution in [3.05, 3.63) is 0 Å². The molecule has 0 heterocycles. The fraction of sp³-hybridized carbons (Fsp3) is 0.970. The molecule has 0 aromatic carbocycles. The molecule has 0 bridgehead atoms. The van der Waals surface area contributed by atoms with Crippen molar-refractivity contribution in [1.82, 2.24) is 5.32 Å². The maximum absolute atomic E-state index is 12.3. The number of phosphoric ester groups is 1. The van der Waals surface area contributed by atoms with Crippen LogP contribution in [0.4, 0.5) is 0 Å². The third-order valence-electron chi connectivity index (χ3n) is 7.52. The Balaban J connectivity index is 3.72. The normalized spacial score (nSPS) is 14.1. The van der Waals surface area contributed by atoms with Crippen molar-refractivity contribution in [3.8, 4) is 0 Å². The van der Waals surface area contributed by atoms with Crippen LogP contribution in [0.25, 0.3) is 0 Å². The van der Waals surface area contributed by atoms with Gasteiger partial charge in [-0.3, -0.25) is 9.36 Å². The number of unbranched alkanes of at least 4 members (excludes halogenated alkanes) is 18. The van der Waals surface area contributed by atoms with Crippen LogP contribution in [0.1, 0.15) is 149 Å². The molecule has 0 radical (unpaired) electrons. The molecule has 2 atom stereocenters. The van der Waals surface area contributed by atoms with Crippen LogP contribution in [0.2, 0.25) is 0 Å². The van der Waals surface area contributed by atoms with Gasteiger partial charge in [-0.25, -0.2) is 0 Å². The topological polar surface area (TPSA) is 96.9 Å². The van der Waals surface area contributed by atoms with E-state index in [1.165, 1.54) is 109 Å². The first-order valence-corrected chi connectivity index (χ1v) is 18.8. The second-order valence-electron chi connectivity index (χ2n) is 13.0. The van der Waals surface area contributed by atoms with E-state index < -0.39 is 13.9 Å². The summed E-state index contributed by atoms with van der Waals surface area (Å²) in [6.07, 6.45) is 26.0. The van der Waals surface area contributed by atoms with Crippen LogP contribution in [0.3, 0.4) is 0 Å². The maximum Gasteiger partial charge on any atom is 0.268 e. The molecule has 1 N–H and O–H groups in total. The molecule has 2 unspecified atom stereocenters. The zero-order valence-electron chi connectivity index (χ0n) is 28.3. The molecule has 42 heavy (non-hydrogen) atoms. The highest BCUT2D eigenvalue weighted by Crippen LogP contribution is 2.38. The quantitative estimate of drug-likeness (QED) is 0.0466. The van der Waals surface area contributed by atoms with Crippen molar-refractivity contribution in [1.29, 1.82) is 0 Å². The number of hydrogen-bond donors (Lipinski definition) is 1. The molecule has 8 nitrogen and oxygen atoms in total. The first-order valence-electron chi connectivity index (χ1n) is 17.4. The number of quaternary nitrogens is 1. The zero-order chi connectivity index (χ0) is 31.4. The van der Waals surface area contributed by atoms with E-state index in [1.54, 1.807) is 0 Å². The lowest BCUT2D eigenvalue weighted by atomic mass is 10.0. The van der Waals surface area contributed by atoms with Crippen LogP contribution in [-0.2, 0) is 23.1 Å². The molecule has 0 fully saturated rings. The Labute approximate surface area is 260 Å². The van der Waals surface area contributed by atoms with Gasteiger partial charge in [0.1, 0.15) is 13.2 Å². The highest BCUT2D eigenvalue weighted by Gasteiger charge is 2.18. The summed E-state index contributed by atoms with van der Waals surface area (Å²) in [7, 11) is 1.46. The Morgan fingerprint density at radius 3 is 1.57 bits per heavy atom. The number of nitrogens with zero attached hydrogens (tertiary/aromatic N) is 1. The van der Waals surface area contributed by atoms with Crippen molar-refractivity contribution in [2.45, 2.75) is 155 Å². The minimum atomic E-state index is -4.41. The average Bonchev–Trinajstić information content (AvgIpc) is 2.93. The molecule has 0 aromatic rings. The van der Waals surface area contributed by atoms with Gasteiger partial charge in [0, 0.05) is 19.6 Å². The van der Waals surface area contributed by atoms with Crippen molar-refractivity contribution in [2.24, 2.45) is 0 Å². The van der Waals surface area contributed by atoms with Gasteiger partial charge in [-0.15, -0.1) is 0 Å². The predicted molar refractivity (Wildman–Crippen MR) is 173 cm³/mol. The Bertz CT molecular complexity index is 659. The van der Waals surface area contributed by atoms with E-state index in [1.807, 2.05) is 28.1 Å². The summed E-state index contributed by atoms with van der Waals surface area (Å²) in [5.41, 5.74) is 0. The molecule has 0 aliphatic carbocycles. The zero-order valence-corrected chi connectivity index (χ0v) is 29.2. The van der Waals surface area contributed by atoms with Gasteiger partial charge in [0.05, 0.1) is 33.9 Å². The highest BCUT2D eigenvalue weighted by molar-refractivity contribution is 7.45. The monoisotopic (exact) mass is 620 g/mol. The van der Waals surface area contributed by atoms with Crippen molar-refractivity contribution >= 4 is 13.7 Å². The Morgan fingerprint density at radius 2 is 1.14 bits per heavy atom. The summed E-state index contributed by atoms with van der Waals surface area (Å²) < 4.78 is 28.3. The Hall–Kier alpha value is -0.500. The van der Waals surface area contributed by atoms with Gasteiger partial charge in [-0.05, 0) is 12.8 Å². The number of phosphoric acid groups is 1. The Kier molecular flexibility index (Phi) is 27.7. The number of carbonyl (C=O) groups is 1. The molecule has 252 valence electrons. The molecule has 0 saturated carbocycles. The predicted octanol–water partition coefficient (Wildman–Crippen LogP) is 7.93. The van der Waals surface area contributed by atoms with Crippen LogP contribution in [0.15, 0.2) is 0 Å². The molecule has 0 spiro atoms. The summed E-state index contributed by atoms with van der Waals surface area (Å²) in [5, 5.41) is 2.87. The number of likely N-dealkylation sites (N-methyl/N-ethyl adjacent to an activating group) is 1. The van der Waals surface area contributed by atoms with Gasteiger partial charge >= 0.3 is 0 Å². The van der Waals surface area contributed by atoms with Gasteiger partial charge in [-0.1, -0.05) is 129 Å². The molecular weight excluding hydrogens is 551 g/mol. The van der Waals surface area contributed by atoms with Crippen LogP contribution in [0, 0.1) is 0 Å². The summed E-state index contributed by atoms with van der Waals surface area (Å²) in [4.78, 5) is 24.4. The lowest BCUT2D eigenvalue weighted by molar-refractivity contribution is -0.870. The Morgan fingerprint density at radius 1 is 0.690 bits per heavy atom. The summed E-state index contributed by atoms with van der Waals surface area (Å²) >= 11 is 0. The second-order valence-corrected chi connectivity index (χ2v) is 14.4. The number of ether oxygens (including phenoxy) is 1. The average molecular weight is 621 g/mol. The van der Waals surface area contributed by atoms with Crippen LogP contribution in [-0.4, -0.2) is 70.5 Å². The van der Waals surface area contributed by atoms with Gasteiger partial charge in [0.2, 0.25) is 5.91 Å². The minimum Gasteiger partial charge on any atom is -0.756 e. The largest absolute Gasteiger partial charge is 0.756 e. The van der Waals surface area contributed by atoms with E-state index in [4.69, 9.17) is 13.8 Å². The van der Waals surface area contributed by atoms with E-state index >= 15 is 0 Å².